The molecule has 0 spiro atoms. The number of carbonyl (C=O) groups excluding carboxylic acids is 1. The summed E-state index contributed by atoms with van der Waals surface area (Å²) in [4.78, 5) is 22.0. The van der Waals surface area contributed by atoms with Gasteiger partial charge in [0.1, 0.15) is 11.6 Å². The van der Waals surface area contributed by atoms with E-state index >= 15 is 0 Å². The van der Waals surface area contributed by atoms with Crippen LogP contribution in [0.5, 0.6) is 0 Å². The second kappa shape index (κ2) is 9.03. The van der Waals surface area contributed by atoms with Crippen LogP contribution in [-0.2, 0) is 24.1 Å². The second-order valence-corrected chi connectivity index (χ2v) is 7.64. The lowest BCUT2D eigenvalue weighted by Crippen LogP contribution is -2.28. The molecule has 1 unspecified atom stereocenters. The van der Waals surface area contributed by atoms with Crippen molar-refractivity contribution in [2.24, 2.45) is 0 Å². The number of rotatable bonds is 7. The van der Waals surface area contributed by atoms with E-state index in [9.17, 15) is 4.79 Å². The number of amides is 1. The van der Waals surface area contributed by atoms with E-state index in [-0.39, 0.29) is 11.8 Å². The molecular formula is C24H27N3O2. The number of aryl methyl sites for hydroxylation is 2. The highest BCUT2D eigenvalue weighted by molar-refractivity contribution is 5.77. The summed E-state index contributed by atoms with van der Waals surface area (Å²) in [6, 6.07) is 13.8. The van der Waals surface area contributed by atoms with Crippen molar-refractivity contribution in [1.29, 1.82) is 0 Å². The van der Waals surface area contributed by atoms with Crippen molar-refractivity contribution in [3.8, 4) is 0 Å². The van der Waals surface area contributed by atoms with Gasteiger partial charge in [-0.3, -0.25) is 4.79 Å². The van der Waals surface area contributed by atoms with Gasteiger partial charge in [0.25, 0.3) is 0 Å². The van der Waals surface area contributed by atoms with Crippen LogP contribution >= 0.6 is 0 Å². The smallest absolute Gasteiger partial charge is 0.221 e. The first-order chi connectivity index (χ1) is 14.2. The molecule has 0 fully saturated rings. The molecule has 0 aliphatic heterocycles. The van der Waals surface area contributed by atoms with Gasteiger partial charge in [-0.15, -0.1) is 0 Å². The summed E-state index contributed by atoms with van der Waals surface area (Å²) >= 11 is 0. The summed E-state index contributed by atoms with van der Waals surface area (Å²) in [6.45, 7) is 2.61. The summed E-state index contributed by atoms with van der Waals surface area (Å²) in [6.07, 6.45) is 7.21. The molecule has 0 radical (unpaired) electrons. The van der Waals surface area contributed by atoms with Crippen molar-refractivity contribution >= 4 is 5.91 Å². The van der Waals surface area contributed by atoms with Crippen molar-refractivity contribution in [2.45, 2.75) is 51.4 Å². The Kier molecular flexibility index (Phi) is 6.03. The van der Waals surface area contributed by atoms with Crippen molar-refractivity contribution in [1.82, 2.24) is 15.3 Å². The highest BCUT2D eigenvalue weighted by Gasteiger charge is 2.21. The maximum absolute atomic E-state index is 12.6. The zero-order valence-corrected chi connectivity index (χ0v) is 16.9. The van der Waals surface area contributed by atoms with Crippen molar-refractivity contribution in [2.75, 3.05) is 6.54 Å². The van der Waals surface area contributed by atoms with Gasteiger partial charge in [0, 0.05) is 30.8 Å². The van der Waals surface area contributed by atoms with Crippen LogP contribution in [0.1, 0.15) is 59.3 Å². The van der Waals surface area contributed by atoms with Crippen molar-refractivity contribution in [3.05, 3.63) is 82.8 Å². The fraction of sp³-hybridized carbons (Fsp3) is 0.375. The van der Waals surface area contributed by atoms with E-state index in [1.54, 1.807) is 6.26 Å². The van der Waals surface area contributed by atoms with Crippen LogP contribution in [0, 0.1) is 6.92 Å². The molecule has 1 aliphatic rings. The van der Waals surface area contributed by atoms with Crippen LogP contribution in [0.4, 0.5) is 0 Å². The maximum atomic E-state index is 12.6. The molecule has 2 aromatic heterocycles. The molecule has 1 atom stereocenters. The zero-order chi connectivity index (χ0) is 20.1. The Labute approximate surface area is 171 Å². The SMILES string of the molecule is Cc1nc(CCNC(=O)CC(c2ccccc2)c2ccco2)nc2c1CCCC2. The number of nitrogens with one attached hydrogen (secondary N) is 1. The third kappa shape index (κ3) is 4.73. The average molecular weight is 389 g/mol. The van der Waals surface area contributed by atoms with Crippen LogP contribution in [0.25, 0.3) is 0 Å². The molecule has 5 nitrogen and oxygen atoms in total. The third-order valence-corrected chi connectivity index (χ3v) is 5.59. The molecule has 1 N–H and O–H groups in total. The number of nitrogens with zero attached hydrogens (tertiary/aromatic N) is 2. The van der Waals surface area contributed by atoms with E-state index in [4.69, 9.17) is 9.40 Å². The zero-order valence-electron chi connectivity index (χ0n) is 16.9. The van der Waals surface area contributed by atoms with Crippen LogP contribution in [0.15, 0.2) is 53.1 Å². The van der Waals surface area contributed by atoms with E-state index in [1.165, 1.54) is 24.1 Å². The van der Waals surface area contributed by atoms with Crippen LogP contribution < -0.4 is 5.32 Å². The van der Waals surface area contributed by atoms with Gasteiger partial charge in [0.05, 0.1) is 12.2 Å². The van der Waals surface area contributed by atoms with Gasteiger partial charge in [-0.1, -0.05) is 30.3 Å². The second-order valence-electron chi connectivity index (χ2n) is 7.64. The highest BCUT2D eigenvalue weighted by atomic mass is 16.3. The van der Waals surface area contributed by atoms with Gasteiger partial charge in [0.15, 0.2) is 0 Å². The normalized spacial score (nSPS) is 14.2. The quantitative estimate of drug-likeness (QED) is 0.659. The number of fused-ring (bicyclic) bond motifs is 1. The fourth-order valence-electron chi connectivity index (χ4n) is 4.09. The lowest BCUT2D eigenvalue weighted by atomic mass is 9.93. The minimum absolute atomic E-state index is 0.00457. The number of hydrogen-bond donors (Lipinski definition) is 1. The number of aromatic nitrogens is 2. The molecule has 1 aliphatic carbocycles. The Bertz CT molecular complexity index is 952. The summed E-state index contributed by atoms with van der Waals surface area (Å²) in [5.41, 5.74) is 4.70. The van der Waals surface area contributed by atoms with Gasteiger partial charge in [-0.25, -0.2) is 9.97 Å². The first-order valence-electron chi connectivity index (χ1n) is 10.4. The first kappa shape index (κ1) is 19.4. The molecule has 5 heteroatoms. The van der Waals surface area contributed by atoms with Gasteiger partial charge in [-0.05, 0) is 55.9 Å². The lowest BCUT2D eigenvalue weighted by Gasteiger charge is -2.18. The predicted octanol–water partition coefficient (Wildman–Crippen LogP) is 4.14. The van der Waals surface area contributed by atoms with E-state index in [0.717, 1.165) is 35.7 Å². The lowest BCUT2D eigenvalue weighted by molar-refractivity contribution is -0.121. The van der Waals surface area contributed by atoms with Crippen LogP contribution in [-0.4, -0.2) is 22.4 Å². The van der Waals surface area contributed by atoms with E-state index < -0.39 is 0 Å². The standard InChI is InChI=1S/C24H27N3O2/c1-17-19-10-5-6-11-21(19)27-23(26-17)13-14-25-24(28)16-20(22-12-7-15-29-22)18-8-3-2-4-9-18/h2-4,7-9,12,15,20H,5-6,10-11,13-14,16H2,1H3,(H,25,28). The van der Waals surface area contributed by atoms with Crippen LogP contribution in [0.3, 0.4) is 0 Å². The average Bonchev–Trinajstić information content (AvgIpc) is 3.27. The molecule has 1 amide bonds. The molecule has 3 aromatic rings. The minimum Gasteiger partial charge on any atom is -0.469 e. The van der Waals surface area contributed by atoms with Gasteiger partial charge < -0.3 is 9.73 Å². The maximum Gasteiger partial charge on any atom is 0.221 e. The Morgan fingerprint density at radius 3 is 2.72 bits per heavy atom. The summed E-state index contributed by atoms with van der Waals surface area (Å²) in [5, 5.41) is 3.03. The Hall–Kier alpha value is -2.95. The summed E-state index contributed by atoms with van der Waals surface area (Å²) in [7, 11) is 0. The van der Waals surface area contributed by atoms with Crippen molar-refractivity contribution < 1.29 is 9.21 Å². The first-order valence-corrected chi connectivity index (χ1v) is 10.4. The number of benzene rings is 1. The Morgan fingerprint density at radius 1 is 1.10 bits per heavy atom. The number of carbonyl (C=O) groups is 1. The molecular weight excluding hydrogens is 362 g/mol. The summed E-state index contributed by atoms with van der Waals surface area (Å²) < 4.78 is 5.59. The van der Waals surface area contributed by atoms with Gasteiger partial charge in [0.2, 0.25) is 5.91 Å². The Balaban J connectivity index is 1.36. The minimum atomic E-state index is -0.0894. The van der Waals surface area contributed by atoms with E-state index in [2.05, 4.69) is 17.2 Å². The number of hydrogen-bond acceptors (Lipinski definition) is 4. The van der Waals surface area contributed by atoms with E-state index in [0.29, 0.717) is 19.4 Å². The highest BCUT2D eigenvalue weighted by Crippen LogP contribution is 2.28. The van der Waals surface area contributed by atoms with Gasteiger partial charge >= 0.3 is 0 Å². The topological polar surface area (TPSA) is 68.0 Å². The fourth-order valence-corrected chi connectivity index (χ4v) is 4.09. The summed E-state index contributed by atoms with van der Waals surface area (Å²) in [5.74, 6) is 1.55. The van der Waals surface area contributed by atoms with E-state index in [1.807, 2.05) is 42.5 Å². The molecule has 29 heavy (non-hydrogen) atoms. The molecule has 150 valence electrons. The van der Waals surface area contributed by atoms with Crippen molar-refractivity contribution in [3.63, 3.8) is 0 Å². The molecule has 0 bridgehead atoms. The Morgan fingerprint density at radius 2 is 1.93 bits per heavy atom. The third-order valence-electron chi connectivity index (χ3n) is 5.59. The molecule has 2 heterocycles. The molecule has 0 saturated carbocycles. The monoisotopic (exact) mass is 389 g/mol. The molecule has 1 aromatic carbocycles. The predicted molar refractivity (Wildman–Crippen MR) is 112 cm³/mol. The molecule has 4 rings (SSSR count). The van der Waals surface area contributed by atoms with Crippen LogP contribution in [0.2, 0.25) is 0 Å². The van der Waals surface area contributed by atoms with Gasteiger partial charge in [-0.2, -0.15) is 0 Å². The largest absolute Gasteiger partial charge is 0.469 e. The molecule has 0 saturated heterocycles. The number of furan rings is 1.